The Hall–Kier alpha value is -1.78. The third-order valence-electron chi connectivity index (χ3n) is 1.79. The molecule has 5 heteroatoms. The van der Waals surface area contributed by atoms with Gasteiger partial charge in [0.1, 0.15) is 6.61 Å². The van der Waals surface area contributed by atoms with Crippen LogP contribution >= 0.6 is 0 Å². The molecular weight excluding hydrogens is 221 g/mol. The average molecular weight is 229 g/mol. The molecule has 1 rings (SSSR count). The van der Waals surface area contributed by atoms with E-state index in [-0.39, 0.29) is 6.61 Å². The second-order valence-electron chi connectivity index (χ2n) is 2.92. The lowest BCUT2D eigenvalue weighted by Crippen LogP contribution is -2.03. The molecule has 0 saturated heterocycles. The summed E-state index contributed by atoms with van der Waals surface area (Å²) < 4.78 is 40.8. The number of alkyl halides is 3. The first kappa shape index (κ1) is 12.3. The van der Waals surface area contributed by atoms with E-state index >= 15 is 0 Å². The molecule has 0 fully saturated rings. The molecule has 0 aliphatic carbocycles. The molecule has 0 N–H and O–H groups in total. The molecule has 85 valence electrons. The minimum atomic E-state index is -4.32. The van der Waals surface area contributed by atoms with Gasteiger partial charge in [-0.3, -0.25) is 0 Å². The summed E-state index contributed by atoms with van der Waals surface area (Å²) in [4.78, 5) is 9.67. The van der Waals surface area contributed by atoms with E-state index in [1.54, 1.807) is 6.08 Å². The van der Waals surface area contributed by atoms with E-state index in [1.165, 1.54) is 24.7 Å². The van der Waals surface area contributed by atoms with Crippen LogP contribution in [0, 0.1) is 0 Å². The lowest BCUT2D eigenvalue weighted by atomic mass is 10.1. The molecule has 16 heavy (non-hydrogen) atoms. The Morgan fingerprint density at radius 3 is 2.38 bits per heavy atom. The predicted octanol–water partition coefficient (Wildman–Crippen LogP) is 2.80. The van der Waals surface area contributed by atoms with Crippen LogP contribution < -0.4 is 0 Å². The summed E-state index contributed by atoms with van der Waals surface area (Å²) in [5.41, 5.74) is -0.0929. The summed E-state index contributed by atoms with van der Waals surface area (Å²) in [6, 6.07) is 4.66. The summed E-state index contributed by atoms with van der Waals surface area (Å²) in [6.45, 7) is 1.28. The Balaban J connectivity index is 2.65. The minimum Gasteiger partial charge on any atom is -0.453 e. The van der Waals surface area contributed by atoms with Crippen molar-refractivity contribution < 1.29 is 22.7 Å². The largest absolute Gasteiger partial charge is 0.453 e. The molecule has 0 saturated carbocycles. The van der Waals surface area contributed by atoms with Crippen molar-refractivity contribution in [2.24, 2.45) is 0 Å². The van der Waals surface area contributed by atoms with Crippen LogP contribution in [-0.4, -0.2) is 13.1 Å². The molecular formula is C11H8F3O2. The number of hydrogen-bond acceptors (Lipinski definition) is 2. The van der Waals surface area contributed by atoms with Gasteiger partial charge in [0.25, 0.3) is 0 Å². The molecule has 1 aromatic rings. The van der Waals surface area contributed by atoms with Gasteiger partial charge in [0.2, 0.25) is 0 Å². The van der Waals surface area contributed by atoms with E-state index in [0.29, 0.717) is 5.56 Å². The van der Waals surface area contributed by atoms with E-state index in [1.807, 2.05) is 0 Å². The van der Waals surface area contributed by atoms with Crippen LogP contribution in [0.4, 0.5) is 13.2 Å². The first-order valence-corrected chi connectivity index (χ1v) is 4.37. The van der Waals surface area contributed by atoms with Gasteiger partial charge in [0.15, 0.2) is 0 Å². The van der Waals surface area contributed by atoms with Crippen molar-refractivity contribution in [3.05, 3.63) is 41.5 Å². The van der Waals surface area contributed by atoms with Crippen molar-refractivity contribution in [1.29, 1.82) is 0 Å². The maximum absolute atomic E-state index is 12.2. The second kappa shape index (κ2) is 5.34. The van der Waals surface area contributed by atoms with Crippen molar-refractivity contribution in [2.75, 3.05) is 6.61 Å². The fourth-order valence-electron chi connectivity index (χ4n) is 1.05. The van der Waals surface area contributed by atoms with Crippen molar-refractivity contribution in [2.45, 2.75) is 6.18 Å². The van der Waals surface area contributed by atoms with Gasteiger partial charge in [-0.25, -0.2) is 4.79 Å². The number of hydrogen-bond donors (Lipinski definition) is 0. The van der Waals surface area contributed by atoms with Crippen LogP contribution in [0.15, 0.2) is 30.3 Å². The van der Waals surface area contributed by atoms with E-state index < -0.39 is 11.7 Å². The number of rotatable bonds is 4. The molecule has 1 radical (unpaired) electrons. The second-order valence-corrected chi connectivity index (χ2v) is 2.92. The van der Waals surface area contributed by atoms with E-state index in [9.17, 15) is 18.0 Å². The first-order valence-electron chi connectivity index (χ1n) is 4.37. The van der Waals surface area contributed by atoms with Crippen LogP contribution in [0.5, 0.6) is 0 Å². The fourth-order valence-corrected chi connectivity index (χ4v) is 1.05. The van der Waals surface area contributed by atoms with Gasteiger partial charge in [0.05, 0.1) is 5.56 Å². The lowest BCUT2D eigenvalue weighted by Gasteiger charge is -2.05. The predicted molar refractivity (Wildman–Crippen MR) is 52.1 cm³/mol. The molecule has 0 spiro atoms. The topological polar surface area (TPSA) is 26.3 Å². The Labute approximate surface area is 90.3 Å². The highest BCUT2D eigenvalue weighted by atomic mass is 19.4. The average Bonchev–Trinajstić information content (AvgIpc) is 2.24. The third kappa shape index (κ3) is 3.76. The summed E-state index contributed by atoms with van der Waals surface area (Å²) in [7, 11) is 0. The van der Waals surface area contributed by atoms with Gasteiger partial charge in [-0.15, -0.1) is 0 Å². The van der Waals surface area contributed by atoms with E-state index in [4.69, 9.17) is 0 Å². The van der Waals surface area contributed by atoms with Gasteiger partial charge in [-0.05, 0) is 23.8 Å². The molecule has 0 heterocycles. The normalized spacial score (nSPS) is 11.7. The van der Waals surface area contributed by atoms with Crippen molar-refractivity contribution in [3.63, 3.8) is 0 Å². The van der Waals surface area contributed by atoms with Crippen LogP contribution in [0.3, 0.4) is 0 Å². The molecule has 0 aliphatic heterocycles. The van der Waals surface area contributed by atoms with Gasteiger partial charge in [0, 0.05) is 0 Å². The highest BCUT2D eigenvalue weighted by molar-refractivity contribution is 5.50. The highest BCUT2D eigenvalue weighted by Gasteiger charge is 2.29. The van der Waals surface area contributed by atoms with Crippen molar-refractivity contribution in [3.8, 4) is 0 Å². The fraction of sp³-hybridized carbons (Fsp3) is 0.182. The molecule has 0 amide bonds. The quantitative estimate of drug-likeness (QED) is 0.742. The van der Waals surface area contributed by atoms with Gasteiger partial charge >= 0.3 is 12.6 Å². The zero-order chi connectivity index (χ0) is 12.0. The molecule has 0 unspecified atom stereocenters. The van der Waals surface area contributed by atoms with Crippen LogP contribution in [0.2, 0.25) is 0 Å². The number of halogens is 3. The number of benzene rings is 1. The molecule has 0 aliphatic rings. The molecule has 1 aromatic carbocycles. The molecule has 0 atom stereocenters. The Morgan fingerprint density at radius 2 is 1.88 bits per heavy atom. The van der Waals surface area contributed by atoms with Crippen LogP contribution in [-0.2, 0) is 15.7 Å². The van der Waals surface area contributed by atoms with Crippen LogP contribution in [0.1, 0.15) is 11.1 Å². The Kier molecular flexibility index (Phi) is 4.10. The van der Waals surface area contributed by atoms with E-state index in [0.717, 1.165) is 12.1 Å². The van der Waals surface area contributed by atoms with Crippen LogP contribution in [0.25, 0.3) is 6.08 Å². The smallest absolute Gasteiger partial charge is 0.417 e. The monoisotopic (exact) mass is 229 g/mol. The summed E-state index contributed by atoms with van der Waals surface area (Å²) in [5.74, 6) is 0. The van der Waals surface area contributed by atoms with Gasteiger partial charge < -0.3 is 4.74 Å². The highest BCUT2D eigenvalue weighted by Crippen LogP contribution is 2.29. The van der Waals surface area contributed by atoms with Crippen molar-refractivity contribution in [1.82, 2.24) is 0 Å². The summed E-state index contributed by atoms with van der Waals surface area (Å²) in [5, 5.41) is 0. The first-order chi connectivity index (χ1) is 7.54. The summed E-state index contributed by atoms with van der Waals surface area (Å²) >= 11 is 0. The zero-order valence-corrected chi connectivity index (χ0v) is 8.12. The Bertz CT molecular complexity index is 366. The van der Waals surface area contributed by atoms with E-state index in [2.05, 4.69) is 4.74 Å². The zero-order valence-electron chi connectivity index (χ0n) is 8.12. The van der Waals surface area contributed by atoms with Gasteiger partial charge in [-0.2, -0.15) is 13.2 Å². The SMILES string of the molecule is O=[C]OCC=Cc1ccc(C(F)(F)F)cc1. The summed E-state index contributed by atoms with van der Waals surface area (Å²) in [6.07, 6.45) is -1.26. The number of ether oxygens (including phenoxy) is 1. The maximum atomic E-state index is 12.2. The standard InChI is InChI=1S/C11H8F3O2/c12-11(13,14)10-5-3-9(4-6-10)2-1-7-16-8-15/h1-6H,7H2. The van der Waals surface area contributed by atoms with Crippen molar-refractivity contribution >= 4 is 12.5 Å². The minimum absolute atomic E-state index is 0.0462. The Morgan fingerprint density at radius 1 is 1.25 bits per heavy atom. The molecule has 0 aromatic heterocycles. The lowest BCUT2D eigenvalue weighted by molar-refractivity contribution is -0.137. The number of carbonyl (C=O) groups excluding carboxylic acids is 1. The van der Waals surface area contributed by atoms with Gasteiger partial charge in [-0.1, -0.05) is 18.2 Å². The third-order valence-corrected chi connectivity index (χ3v) is 1.79. The molecule has 2 nitrogen and oxygen atoms in total. The maximum Gasteiger partial charge on any atom is 0.417 e. The molecule has 0 bridgehead atoms.